The van der Waals surface area contributed by atoms with Crippen molar-refractivity contribution in [3.05, 3.63) is 83.8 Å². The Kier molecular flexibility index (Phi) is 7.71. The second-order valence-electron chi connectivity index (χ2n) is 8.35. The van der Waals surface area contributed by atoms with E-state index in [2.05, 4.69) is 39.7 Å². The van der Waals surface area contributed by atoms with Crippen molar-refractivity contribution in [2.75, 3.05) is 5.32 Å². The van der Waals surface area contributed by atoms with Crippen molar-refractivity contribution in [2.24, 2.45) is 0 Å². The quantitative estimate of drug-likeness (QED) is 0.254. The smallest absolute Gasteiger partial charge is 0.253 e. The number of pyridine rings is 1. The van der Waals surface area contributed by atoms with Crippen LogP contribution >= 0.6 is 0 Å². The number of unbranched alkanes of at least 4 members (excludes halogenated alkanes) is 1. The van der Waals surface area contributed by atoms with Gasteiger partial charge < -0.3 is 10.6 Å². The standard InChI is InChI=1S/C28H31N5O/c1-3-5-10-20(4-2)31-28(34)24-12-6-7-13-25(24)30-22-14-16-23-26(32-33-27(23)19-22)17-15-21-11-8-9-18-29-21/h6-9,11-20,30H,3-5,10H2,1-2H3,(H,31,34)(H,32,33)/b17-15+. The lowest BCUT2D eigenvalue weighted by molar-refractivity contribution is 0.0934. The van der Waals surface area contributed by atoms with Gasteiger partial charge in [-0.2, -0.15) is 5.10 Å². The van der Waals surface area contributed by atoms with Crippen LogP contribution in [0.2, 0.25) is 0 Å². The minimum Gasteiger partial charge on any atom is -0.355 e. The first-order valence-corrected chi connectivity index (χ1v) is 11.9. The van der Waals surface area contributed by atoms with Crippen molar-refractivity contribution in [2.45, 2.75) is 45.6 Å². The topological polar surface area (TPSA) is 82.7 Å². The molecule has 0 radical (unpaired) electrons. The molecule has 4 rings (SSSR count). The lowest BCUT2D eigenvalue weighted by atomic mass is 10.1. The molecule has 1 amide bonds. The number of amides is 1. The molecular formula is C28H31N5O. The number of aromatic nitrogens is 3. The summed E-state index contributed by atoms with van der Waals surface area (Å²) < 4.78 is 0. The van der Waals surface area contributed by atoms with Crippen LogP contribution < -0.4 is 10.6 Å². The van der Waals surface area contributed by atoms with Crippen LogP contribution in [-0.2, 0) is 0 Å². The third-order valence-corrected chi connectivity index (χ3v) is 5.88. The number of benzene rings is 2. The normalized spacial score (nSPS) is 12.2. The highest BCUT2D eigenvalue weighted by molar-refractivity contribution is 6.01. The molecule has 0 bridgehead atoms. The maximum Gasteiger partial charge on any atom is 0.253 e. The van der Waals surface area contributed by atoms with Crippen molar-refractivity contribution in [1.82, 2.24) is 20.5 Å². The fraction of sp³-hybridized carbons (Fsp3) is 0.250. The van der Waals surface area contributed by atoms with Gasteiger partial charge in [-0.05, 0) is 67.5 Å². The maximum absolute atomic E-state index is 13.0. The van der Waals surface area contributed by atoms with Gasteiger partial charge in [0.25, 0.3) is 5.91 Å². The molecular weight excluding hydrogens is 422 g/mol. The van der Waals surface area contributed by atoms with E-state index in [9.17, 15) is 4.79 Å². The van der Waals surface area contributed by atoms with E-state index in [1.54, 1.807) is 6.20 Å². The average molecular weight is 454 g/mol. The number of hydrogen-bond donors (Lipinski definition) is 3. The zero-order valence-corrected chi connectivity index (χ0v) is 19.7. The summed E-state index contributed by atoms with van der Waals surface area (Å²) in [7, 11) is 0. The molecule has 3 N–H and O–H groups in total. The number of H-pyrrole nitrogens is 1. The van der Waals surface area contributed by atoms with Gasteiger partial charge in [-0.15, -0.1) is 0 Å². The number of rotatable bonds is 10. The lowest BCUT2D eigenvalue weighted by Gasteiger charge is -2.18. The molecule has 1 unspecified atom stereocenters. The van der Waals surface area contributed by atoms with E-state index in [-0.39, 0.29) is 11.9 Å². The van der Waals surface area contributed by atoms with Gasteiger partial charge in [0, 0.05) is 23.3 Å². The monoisotopic (exact) mass is 453 g/mol. The van der Waals surface area contributed by atoms with Crippen LogP contribution in [0, 0.1) is 0 Å². The Bertz CT molecular complexity index is 1260. The van der Waals surface area contributed by atoms with Gasteiger partial charge in [0.15, 0.2) is 0 Å². The lowest BCUT2D eigenvalue weighted by Crippen LogP contribution is -2.34. The largest absolute Gasteiger partial charge is 0.355 e. The Balaban J connectivity index is 1.51. The van der Waals surface area contributed by atoms with Gasteiger partial charge in [0.1, 0.15) is 0 Å². The van der Waals surface area contributed by atoms with E-state index >= 15 is 0 Å². The molecule has 0 spiro atoms. The minimum absolute atomic E-state index is 0.0457. The highest BCUT2D eigenvalue weighted by Gasteiger charge is 2.15. The van der Waals surface area contributed by atoms with Crippen LogP contribution in [0.3, 0.4) is 0 Å². The third kappa shape index (κ3) is 5.70. The van der Waals surface area contributed by atoms with Gasteiger partial charge in [-0.3, -0.25) is 14.9 Å². The first kappa shape index (κ1) is 23.2. The minimum atomic E-state index is -0.0457. The van der Waals surface area contributed by atoms with E-state index in [4.69, 9.17) is 0 Å². The number of carbonyl (C=O) groups excluding carboxylic acids is 1. The fourth-order valence-electron chi connectivity index (χ4n) is 3.92. The predicted octanol–water partition coefficient (Wildman–Crippen LogP) is 6.57. The summed E-state index contributed by atoms with van der Waals surface area (Å²) in [5.41, 5.74) is 4.95. The first-order chi connectivity index (χ1) is 16.7. The molecule has 174 valence electrons. The van der Waals surface area contributed by atoms with Crippen LogP contribution in [0.1, 0.15) is 61.3 Å². The summed E-state index contributed by atoms with van der Waals surface area (Å²) in [4.78, 5) is 17.3. The molecule has 0 saturated heterocycles. The fourth-order valence-corrected chi connectivity index (χ4v) is 3.92. The molecule has 0 aliphatic rings. The molecule has 2 heterocycles. The number of aromatic amines is 1. The molecule has 6 nitrogen and oxygen atoms in total. The van der Waals surface area contributed by atoms with Crippen molar-refractivity contribution < 1.29 is 4.79 Å². The highest BCUT2D eigenvalue weighted by atomic mass is 16.1. The van der Waals surface area contributed by atoms with Gasteiger partial charge in [-0.1, -0.05) is 44.9 Å². The number of nitrogens with zero attached hydrogens (tertiary/aromatic N) is 2. The molecule has 0 aliphatic heterocycles. The van der Waals surface area contributed by atoms with Crippen molar-refractivity contribution >= 4 is 40.3 Å². The molecule has 0 fully saturated rings. The summed E-state index contributed by atoms with van der Waals surface area (Å²) in [6, 6.07) is 19.7. The Morgan fingerprint density at radius 2 is 1.91 bits per heavy atom. The van der Waals surface area contributed by atoms with E-state index in [1.807, 2.05) is 72.8 Å². The van der Waals surface area contributed by atoms with Crippen LogP contribution in [-0.4, -0.2) is 27.1 Å². The Morgan fingerprint density at radius 1 is 1.06 bits per heavy atom. The van der Waals surface area contributed by atoms with Crippen molar-refractivity contribution in [3.8, 4) is 0 Å². The van der Waals surface area contributed by atoms with Crippen molar-refractivity contribution in [3.63, 3.8) is 0 Å². The third-order valence-electron chi connectivity index (χ3n) is 5.88. The number of carbonyl (C=O) groups is 1. The number of nitrogens with one attached hydrogen (secondary N) is 3. The van der Waals surface area contributed by atoms with E-state index < -0.39 is 0 Å². The molecule has 0 aliphatic carbocycles. The van der Waals surface area contributed by atoms with Crippen LogP contribution in [0.25, 0.3) is 23.1 Å². The summed E-state index contributed by atoms with van der Waals surface area (Å²) in [6.07, 6.45) is 9.84. The molecule has 34 heavy (non-hydrogen) atoms. The van der Waals surface area contributed by atoms with Crippen LogP contribution in [0.15, 0.2) is 66.9 Å². The second kappa shape index (κ2) is 11.3. The Hall–Kier alpha value is -3.93. The summed E-state index contributed by atoms with van der Waals surface area (Å²) >= 11 is 0. The highest BCUT2D eigenvalue weighted by Crippen LogP contribution is 2.26. The Morgan fingerprint density at radius 3 is 2.71 bits per heavy atom. The van der Waals surface area contributed by atoms with Crippen LogP contribution in [0.4, 0.5) is 11.4 Å². The van der Waals surface area contributed by atoms with Crippen LogP contribution in [0.5, 0.6) is 0 Å². The predicted molar refractivity (Wildman–Crippen MR) is 140 cm³/mol. The molecule has 6 heteroatoms. The first-order valence-electron chi connectivity index (χ1n) is 11.9. The van der Waals surface area contributed by atoms with Gasteiger partial charge >= 0.3 is 0 Å². The summed E-state index contributed by atoms with van der Waals surface area (Å²) in [5.74, 6) is -0.0457. The molecule has 2 aromatic carbocycles. The number of hydrogen-bond acceptors (Lipinski definition) is 4. The SMILES string of the molecule is CCCCC(CC)NC(=O)c1ccccc1Nc1ccc2c(/C=C/c3ccccn3)n[nH]c2c1. The molecule has 2 aromatic heterocycles. The second-order valence-corrected chi connectivity index (χ2v) is 8.35. The number of para-hydroxylation sites is 1. The maximum atomic E-state index is 13.0. The molecule has 1 atom stereocenters. The molecule has 0 saturated carbocycles. The van der Waals surface area contributed by atoms with E-state index in [0.29, 0.717) is 5.56 Å². The number of fused-ring (bicyclic) bond motifs is 1. The molecule has 4 aromatic rings. The van der Waals surface area contributed by atoms with Gasteiger partial charge in [0.2, 0.25) is 0 Å². The van der Waals surface area contributed by atoms with E-state index in [1.165, 1.54) is 0 Å². The van der Waals surface area contributed by atoms with Gasteiger partial charge in [0.05, 0.1) is 28.2 Å². The number of anilines is 2. The average Bonchev–Trinajstić information content (AvgIpc) is 3.28. The Labute approximate surface area is 200 Å². The van der Waals surface area contributed by atoms with Gasteiger partial charge in [-0.25, -0.2) is 0 Å². The van der Waals surface area contributed by atoms with Crippen molar-refractivity contribution in [1.29, 1.82) is 0 Å². The zero-order chi connectivity index (χ0) is 23.8. The summed E-state index contributed by atoms with van der Waals surface area (Å²) in [6.45, 7) is 4.29. The summed E-state index contributed by atoms with van der Waals surface area (Å²) in [5, 5.41) is 15.2. The zero-order valence-electron chi connectivity index (χ0n) is 19.7. The van der Waals surface area contributed by atoms with E-state index in [0.717, 1.165) is 59.3 Å².